The number of nitrogens with one attached hydrogen (secondary N) is 2. The number of benzene rings is 4. The largest absolute Gasteiger partial charge is 0.325 e. The van der Waals surface area contributed by atoms with E-state index in [0.717, 1.165) is 16.0 Å². The van der Waals surface area contributed by atoms with Gasteiger partial charge in [-0.05, 0) is 67.1 Å². The molecule has 4 aromatic carbocycles. The molecule has 0 radical (unpaired) electrons. The van der Waals surface area contributed by atoms with Crippen LogP contribution in [0.15, 0.2) is 108 Å². The van der Waals surface area contributed by atoms with Gasteiger partial charge < -0.3 is 10.6 Å². The molecule has 1 unspecified atom stereocenters. The van der Waals surface area contributed by atoms with Gasteiger partial charge >= 0.3 is 0 Å². The van der Waals surface area contributed by atoms with E-state index in [-0.39, 0.29) is 17.6 Å². The zero-order chi connectivity index (χ0) is 23.9. The lowest BCUT2D eigenvalue weighted by Gasteiger charge is -2.18. The van der Waals surface area contributed by atoms with E-state index in [4.69, 9.17) is 0 Å². The van der Waals surface area contributed by atoms with Crippen molar-refractivity contribution in [1.82, 2.24) is 0 Å². The SMILES string of the molecule is Cc1cccc(C(=O)Nc2cccc(SC(C(=O)Nc3ccc(F)cc3)c3ccccc3)c2)c1. The van der Waals surface area contributed by atoms with Crippen LogP contribution in [-0.4, -0.2) is 11.8 Å². The van der Waals surface area contributed by atoms with Crippen LogP contribution >= 0.6 is 11.8 Å². The number of rotatable bonds is 7. The quantitative estimate of drug-likeness (QED) is 0.290. The molecule has 0 fully saturated rings. The fourth-order valence-electron chi connectivity index (χ4n) is 3.41. The number of thioether (sulfide) groups is 1. The molecule has 4 aromatic rings. The van der Waals surface area contributed by atoms with Gasteiger partial charge in [0.05, 0.1) is 0 Å². The molecule has 2 amide bonds. The van der Waals surface area contributed by atoms with Crippen molar-refractivity contribution in [3.05, 3.63) is 126 Å². The Kier molecular flexibility index (Phi) is 7.40. The molecule has 0 saturated carbocycles. The number of anilines is 2. The molecule has 0 heterocycles. The number of hydrogen-bond acceptors (Lipinski definition) is 3. The number of carbonyl (C=O) groups excluding carboxylic acids is 2. The molecule has 0 aliphatic carbocycles. The third kappa shape index (κ3) is 6.11. The fraction of sp³-hybridized carbons (Fsp3) is 0.0714. The molecular formula is C28H23FN2O2S. The Hall–Kier alpha value is -3.90. The topological polar surface area (TPSA) is 58.2 Å². The summed E-state index contributed by atoms with van der Waals surface area (Å²) in [6.45, 7) is 1.94. The van der Waals surface area contributed by atoms with E-state index < -0.39 is 5.25 Å². The maximum Gasteiger partial charge on any atom is 0.255 e. The normalized spacial score (nSPS) is 11.5. The molecule has 4 rings (SSSR count). The standard InChI is InChI=1S/C28H23FN2O2S/c1-19-7-5-10-21(17-19)27(32)31-24-11-6-12-25(18-24)34-26(20-8-3-2-4-9-20)28(33)30-23-15-13-22(29)14-16-23/h2-18,26H,1H3,(H,30,33)(H,31,32). The summed E-state index contributed by atoms with van der Waals surface area (Å²) in [5.41, 5.74) is 3.59. The van der Waals surface area contributed by atoms with E-state index in [9.17, 15) is 14.0 Å². The highest BCUT2D eigenvalue weighted by Gasteiger charge is 2.22. The van der Waals surface area contributed by atoms with Crippen molar-refractivity contribution in [3.8, 4) is 0 Å². The first kappa shape index (κ1) is 23.3. The maximum absolute atomic E-state index is 13.2. The molecule has 0 saturated heterocycles. The molecule has 0 spiro atoms. The smallest absolute Gasteiger partial charge is 0.255 e. The minimum atomic E-state index is -0.547. The third-order valence-electron chi connectivity index (χ3n) is 5.08. The minimum Gasteiger partial charge on any atom is -0.325 e. The summed E-state index contributed by atoms with van der Waals surface area (Å²) in [4.78, 5) is 26.7. The van der Waals surface area contributed by atoms with Crippen LogP contribution in [0.25, 0.3) is 0 Å². The van der Waals surface area contributed by atoms with Crippen molar-refractivity contribution in [2.45, 2.75) is 17.1 Å². The third-order valence-corrected chi connectivity index (χ3v) is 6.33. The molecule has 0 aliphatic heterocycles. The molecule has 6 heteroatoms. The van der Waals surface area contributed by atoms with Crippen molar-refractivity contribution in [2.75, 3.05) is 10.6 Å². The first-order chi connectivity index (χ1) is 16.5. The first-order valence-corrected chi connectivity index (χ1v) is 11.6. The van der Waals surface area contributed by atoms with Crippen LogP contribution in [0.5, 0.6) is 0 Å². The van der Waals surface area contributed by atoms with Crippen LogP contribution in [0.1, 0.15) is 26.7 Å². The highest BCUT2D eigenvalue weighted by molar-refractivity contribution is 8.00. The van der Waals surface area contributed by atoms with Crippen molar-refractivity contribution >= 4 is 35.0 Å². The Morgan fingerprint density at radius 3 is 2.24 bits per heavy atom. The Morgan fingerprint density at radius 2 is 1.50 bits per heavy atom. The van der Waals surface area contributed by atoms with Crippen molar-refractivity contribution in [3.63, 3.8) is 0 Å². The summed E-state index contributed by atoms with van der Waals surface area (Å²) in [5.74, 6) is -0.784. The lowest BCUT2D eigenvalue weighted by molar-refractivity contribution is -0.115. The monoisotopic (exact) mass is 470 g/mol. The average Bonchev–Trinajstić information content (AvgIpc) is 2.84. The van der Waals surface area contributed by atoms with Gasteiger partial charge in [-0.3, -0.25) is 9.59 Å². The summed E-state index contributed by atoms with van der Waals surface area (Å²) in [7, 11) is 0. The second-order valence-electron chi connectivity index (χ2n) is 7.76. The van der Waals surface area contributed by atoms with Gasteiger partial charge in [0.15, 0.2) is 0 Å². The van der Waals surface area contributed by atoms with Gasteiger partial charge in [-0.25, -0.2) is 4.39 Å². The number of hydrogen-bond donors (Lipinski definition) is 2. The van der Waals surface area contributed by atoms with Crippen LogP contribution in [0.2, 0.25) is 0 Å². The van der Waals surface area contributed by atoms with E-state index >= 15 is 0 Å². The van der Waals surface area contributed by atoms with Crippen molar-refractivity contribution < 1.29 is 14.0 Å². The fourth-order valence-corrected chi connectivity index (χ4v) is 4.50. The highest BCUT2D eigenvalue weighted by atomic mass is 32.2. The molecule has 1 atom stereocenters. The molecular weight excluding hydrogens is 447 g/mol. The second kappa shape index (κ2) is 10.8. The number of aryl methyl sites for hydroxylation is 1. The van der Waals surface area contributed by atoms with Crippen molar-refractivity contribution in [2.24, 2.45) is 0 Å². The molecule has 4 nitrogen and oxygen atoms in total. The Balaban J connectivity index is 1.53. The van der Waals surface area contributed by atoms with Crippen molar-refractivity contribution in [1.29, 1.82) is 0 Å². The van der Waals surface area contributed by atoms with E-state index in [1.165, 1.54) is 36.0 Å². The molecule has 0 aliphatic rings. The number of amides is 2. The van der Waals surface area contributed by atoms with Gasteiger partial charge in [0.25, 0.3) is 5.91 Å². The summed E-state index contributed by atoms with van der Waals surface area (Å²) < 4.78 is 13.2. The van der Waals surface area contributed by atoms with E-state index in [2.05, 4.69) is 10.6 Å². The van der Waals surface area contributed by atoms with Gasteiger partial charge in [-0.1, -0.05) is 54.1 Å². The van der Waals surface area contributed by atoms with Crippen LogP contribution < -0.4 is 10.6 Å². The summed E-state index contributed by atoms with van der Waals surface area (Å²) in [6.07, 6.45) is 0. The van der Waals surface area contributed by atoms with E-state index in [1.807, 2.05) is 79.7 Å². The van der Waals surface area contributed by atoms with E-state index in [1.54, 1.807) is 6.07 Å². The summed E-state index contributed by atoms with van der Waals surface area (Å²) in [6, 6.07) is 29.9. The van der Waals surface area contributed by atoms with Crippen LogP contribution in [0, 0.1) is 12.7 Å². The van der Waals surface area contributed by atoms with Gasteiger partial charge in [0.1, 0.15) is 11.1 Å². The average molecular weight is 471 g/mol. The predicted octanol–water partition coefficient (Wildman–Crippen LogP) is 6.86. The van der Waals surface area contributed by atoms with Gasteiger partial charge in [-0.15, -0.1) is 11.8 Å². The minimum absolute atomic E-state index is 0.195. The maximum atomic E-state index is 13.2. The lowest BCUT2D eigenvalue weighted by atomic mass is 10.1. The first-order valence-electron chi connectivity index (χ1n) is 10.7. The van der Waals surface area contributed by atoms with Crippen LogP contribution in [-0.2, 0) is 4.79 Å². The van der Waals surface area contributed by atoms with Gasteiger partial charge in [-0.2, -0.15) is 0 Å². The lowest BCUT2D eigenvalue weighted by Crippen LogP contribution is -2.19. The molecule has 170 valence electrons. The number of carbonyl (C=O) groups is 2. The van der Waals surface area contributed by atoms with Crippen LogP contribution in [0.3, 0.4) is 0 Å². The Labute approximate surface area is 202 Å². The van der Waals surface area contributed by atoms with Crippen LogP contribution in [0.4, 0.5) is 15.8 Å². The molecule has 34 heavy (non-hydrogen) atoms. The van der Waals surface area contributed by atoms with Gasteiger partial charge in [0, 0.05) is 21.8 Å². The number of halogens is 1. The summed E-state index contributed by atoms with van der Waals surface area (Å²) in [5, 5.41) is 5.24. The zero-order valence-electron chi connectivity index (χ0n) is 18.5. The summed E-state index contributed by atoms with van der Waals surface area (Å²) >= 11 is 1.37. The molecule has 0 bridgehead atoms. The Bertz CT molecular complexity index is 1290. The highest BCUT2D eigenvalue weighted by Crippen LogP contribution is 2.37. The second-order valence-corrected chi connectivity index (χ2v) is 8.93. The molecule has 2 N–H and O–H groups in total. The zero-order valence-corrected chi connectivity index (χ0v) is 19.3. The molecule has 0 aromatic heterocycles. The predicted molar refractivity (Wildman–Crippen MR) is 136 cm³/mol. The Morgan fingerprint density at radius 1 is 0.765 bits per heavy atom. The van der Waals surface area contributed by atoms with Gasteiger partial charge in [0.2, 0.25) is 5.91 Å². The van der Waals surface area contributed by atoms with E-state index in [0.29, 0.717) is 16.9 Å².